The minimum Gasteiger partial charge on any atom is -0.260 e. The van der Waals surface area contributed by atoms with Crippen LogP contribution in [0.1, 0.15) is 5.56 Å². The highest BCUT2D eigenvalue weighted by Crippen LogP contribution is 1.94. The van der Waals surface area contributed by atoms with Crippen molar-refractivity contribution < 1.29 is 4.58 Å². The molecular weight excluding hydrogens is 184 g/mol. The minimum atomic E-state index is 0.999. The lowest BCUT2D eigenvalue weighted by Crippen LogP contribution is -2.28. The number of amidine groups is 1. The van der Waals surface area contributed by atoms with E-state index < -0.39 is 0 Å². The topological polar surface area (TPSA) is 6.25 Å². The van der Waals surface area contributed by atoms with E-state index in [1.54, 1.807) is 0 Å². The van der Waals surface area contributed by atoms with Crippen LogP contribution < -0.4 is 0 Å². The van der Waals surface area contributed by atoms with Crippen molar-refractivity contribution in [3.05, 3.63) is 35.9 Å². The summed E-state index contributed by atoms with van der Waals surface area (Å²) in [4.78, 5) is 2.01. The zero-order valence-corrected chi connectivity index (χ0v) is 9.78. The Balaban J connectivity index is 2.95. The van der Waals surface area contributed by atoms with Crippen molar-refractivity contribution >= 4 is 5.84 Å². The molecule has 2 nitrogen and oxygen atoms in total. The van der Waals surface area contributed by atoms with Gasteiger partial charge in [0, 0.05) is 11.5 Å². The fourth-order valence-electron chi connectivity index (χ4n) is 1.27. The third-order valence-electron chi connectivity index (χ3n) is 1.94. The van der Waals surface area contributed by atoms with Gasteiger partial charge in [0.15, 0.2) is 0 Å². The van der Waals surface area contributed by atoms with E-state index in [2.05, 4.69) is 11.8 Å². The van der Waals surface area contributed by atoms with Crippen molar-refractivity contribution in [2.24, 2.45) is 0 Å². The van der Waals surface area contributed by atoms with Crippen LogP contribution in [-0.2, 0) is 0 Å². The zero-order chi connectivity index (χ0) is 11.3. The molecule has 2 heteroatoms. The van der Waals surface area contributed by atoms with Crippen molar-refractivity contribution in [1.29, 1.82) is 0 Å². The van der Waals surface area contributed by atoms with Gasteiger partial charge in [-0.2, -0.15) is 0 Å². The lowest BCUT2D eigenvalue weighted by atomic mass is 10.2. The third-order valence-corrected chi connectivity index (χ3v) is 1.94. The second kappa shape index (κ2) is 5.21. The van der Waals surface area contributed by atoms with E-state index in [0.717, 1.165) is 11.4 Å². The molecule has 0 atom stereocenters. The number of rotatable bonds is 0. The Morgan fingerprint density at radius 2 is 1.73 bits per heavy atom. The molecule has 0 unspecified atom stereocenters. The molecule has 1 aromatic carbocycles. The van der Waals surface area contributed by atoms with Crippen molar-refractivity contribution in [2.45, 2.75) is 0 Å². The zero-order valence-electron chi connectivity index (χ0n) is 9.78. The summed E-state index contributed by atoms with van der Waals surface area (Å²) in [6, 6.07) is 10.0. The Morgan fingerprint density at radius 1 is 1.13 bits per heavy atom. The quantitative estimate of drug-likeness (QED) is 0.265. The molecule has 0 aliphatic carbocycles. The van der Waals surface area contributed by atoms with Gasteiger partial charge in [0.05, 0.1) is 28.2 Å². The van der Waals surface area contributed by atoms with Crippen LogP contribution in [0.5, 0.6) is 0 Å². The number of nitrogens with zero attached hydrogens (tertiary/aromatic N) is 2. The van der Waals surface area contributed by atoms with Gasteiger partial charge in [-0.15, -0.1) is 0 Å². The monoisotopic (exact) mass is 201 g/mol. The van der Waals surface area contributed by atoms with Gasteiger partial charge < -0.3 is 0 Å². The van der Waals surface area contributed by atoms with E-state index in [4.69, 9.17) is 0 Å². The average molecular weight is 201 g/mol. The van der Waals surface area contributed by atoms with Crippen LogP contribution in [0.2, 0.25) is 0 Å². The maximum Gasteiger partial charge on any atom is 0.324 e. The van der Waals surface area contributed by atoms with E-state index in [-0.39, 0.29) is 0 Å². The molecule has 0 aliphatic heterocycles. The fraction of sp³-hybridized carbons (Fsp3) is 0.308. The van der Waals surface area contributed by atoms with Crippen molar-refractivity contribution in [3.63, 3.8) is 0 Å². The lowest BCUT2D eigenvalue weighted by Gasteiger charge is -2.04. The lowest BCUT2D eigenvalue weighted by molar-refractivity contribution is -0.468. The van der Waals surface area contributed by atoms with Crippen LogP contribution in [0, 0.1) is 11.8 Å². The SMILES string of the molecule is CN(C)C(C#Cc1ccccc1)=[N+](C)C. The Hall–Kier alpha value is -1.75. The fourth-order valence-corrected chi connectivity index (χ4v) is 1.27. The Kier molecular flexibility index (Phi) is 3.93. The first-order valence-electron chi connectivity index (χ1n) is 4.90. The molecule has 0 saturated heterocycles. The highest BCUT2D eigenvalue weighted by atomic mass is 15.2. The van der Waals surface area contributed by atoms with Crippen molar-refractivity contribution in [1.82, 2.24) is 4.90 Å². The van der Waals surface area contributed by atoms with Gasteiger partial charge in [0.2, 0.25) is 0 Å². The molecule has 0 aliphatic rings. The van der Waals surface area contributed by atoms with Crippen LogP contribution in [-0.4, -0.2) is 43.5 Å². The van der Waals surface area contributed by atoms with Crippen LogP contribution in [0.3, 0.4) is 0 Å². The van der Waals surface area contributed by atoms with Crippen molar-refractivity contribution in [3.8, 4) is 11.8 Å². The number of benzene rings is 1. The van der Waals surface area contributed by atoms with E-state index >= 15 is 0 Å². The molecule has 0 bridgehead atoms. The number of hydrogen-bond acceptors (Lipinski definition) is 0. The third kappa shape index (κ3) is 3.47. The van der Waals surface area contributed by atoms with Gasteiger partial charge in [-0.1, -0.05) is 24.1 Å². The summed E-state index contributed by atoms with van der Waals surface area (Å²) in [5, 5.41) is 0. The maximum atomic E-state index is 3.15. The average Bonchev–Trinajstić information content (AvgIpc) is 2.18. The summed E-state index contributed by atoms with van der Waals surface area (Å²) in [7, 11) is 7.98. The van der Waals surface area contributed by atoms with Crippen LogP contribution in [0.15, 0.2) is 30.3 Å². The Labute approximate surface area is 91.9 Å². The van der Waals surface area contributed by atoms with Gasteiger partial charge >= 0.3 is 5.84 Å². The minimum absolute atomic E-state index is 0.999. The predicted molar refractivity (Wildman–Crippen MR) is 64.1 cm³/mol. The van der Waals surface area contributed by atoms with Gasteiger partial charge in [0.25, 0.3) is 0 Å². The standard InChI is InChI=1S/C13H17N2/c1-14(2)13(15(3)4)11-10-12-8-6-5-7-9-12/h5-9H,1-4H3/q+1. The maximum absolute atomic E-state index is 3.15. The summed E-state index contributed by atoms with van der Waals surface area (Å²) in [5.74, 6) is 7.29. The molecule has 0 heterocycles. The van der Waals surface area contributed by atoms with E-state index in [1.807, 2.05) is 68.0 Å². The summed E-state index contributed by atoms with van der Waals surface area (Å²) in [6.45, 7) is 0. The molecule has 0 amide bonds. The molecule has 1 aromatic rings. The van der Waals surface area contributed by atoms with Gasteiger partial charge in [-0.25, -0.2) is 0 Å². The first-order valence-corrected chi connectivity index (χ1v) is 4.90. The first kappa shape index (κ1) is 11.3. The van der Waals surface area contributed by atoms with E-state index in [1.165, 1.54) is 0 Å². The molecular formula is C13H17N2+. The summed E-state index contributed by atoms with van der Waals surface area (Å²) in [5.41, 5.74) is 1.04. The Morgan fingerprint density at radius 3 is 2.20 bits per heavy atom. The van der Waals surface area contributed by atoms with Crippen LogP contribution in [0.4, 0.5) is 0 Å². The molecule has 0 N–H and O–H groups in total. The van der Waals surface area contributed by atoms with Crippen LogP contribution in [0.25, 0.3) is 0 Å². The summed E-state index contributed by atoms with van der Waals surface area (Å²) >= 11 is 0. The normalized spacial score (nSPS) is 8.80. The predicted octanol–water partition coefficient (Wildman–Crippen LogP) is 1.27. The molecule has 0 spiro atoms. The summed E-state index contributed by atoms with van der Waals surface area (Å²) in [6.07, 6.45) is 0. The highest BCUT2D eigenvalue weighted by Gasteiger charge is 2.06. The summed E-state index contributed by atoms with van der Waals surface area (Å²) < 4.78 is 2.01. The van der Waals surface area contributed by atoms with Crippen LogP contribution >= 0.6 is 0 Å². The second-order valence-electron chi connectivity index (χ2n) is 3.73. The van der Waals surface area contributed by atoms with Crippen molar-refractivity contribution in [2.75, 3.05) is 28.2 Å². The molecule has 78 valence electrons. The molecule has 0 aromatic heterocycles. The first-order chi connectivity index (χ1) is 7.11. The van der Waals surface area contributed by atoms with Gasteiger partial charge in [0.1, 0.15) is 0 Å². The molecule has 0 radical (unpaired) electrons. The molecule has 0 saturated carbocycles. The smallest absolute Gasteiger partial charge is 0.260 e. The Bertz CT molecular complexity index is 401. The highest BCUT2D eigenvalue weighted by molar-refractivity contribution is 5.94. The van der Waals surface area contributed by atoms with E-state index in [9.17, 15) is 0 Å². The largest absolute Gasteiger partial charge is 0.324 e. The van der Waals surface area contributed by atoms with Gasteiger partial charge in [-0.3, -0.25) is 9.48 Å². The van der Waals surface area contributed by atoms with Gasteiger partial charge in [-0.05, 0) is 12.1 Å². The molecule has 1 rings (SSSR count). The molecule has 15 heavy (non-hydrogen) atoms. The second-order valence-corrected chi connectivity index (χ2v) is 3.73. The molecule has 0 fully saturated rings. The number of hydrogen-bond donors (Lipinski definition) is 0. The van der Waals surface area contributed by atoms with E-state index in [0.29, 0.717) is 0 Å².